The van der Waals surface area contributed by atoms with Crippen LogP contribution in [0.15, 0.2) is 30.5 Å². The topological polar surface area (TPSA) is 91.0 Å². The van der Waals surface area contributed by atoms with Gasteiger partial charge in [-0.3, -0.25) is 9.88 Å². The minimum Gasteiger partial charge on any atom is -0.508 e. The lowest BCUT2D eigenvalue weighted by atomic mass is 9.95. The molecule has 0 saturated carbocycles. The highest BCUT2D eigenvalue weighted by Crippen LogP contribution is 2.42. The van der Waals surface area contributed by atoms with Crippen LogP contribution in [0.1, 0.15) is 32.1 Å². The van der Waals surface area contributed by atoms with Crippen molar-refractivity contribution in [2.45, 2.75) is 55.9 Å². The van der Waals surface area contributed by atoms with E-state index in [2.05, 4.69) is 25.0 Å². The summed E-state index contributed by atoms with van der Waals surface area (Å²) >= 11 is 0. The highest BCUT2D eigenvalue weighted by molar-refractivity contribution is 5.99. The molecule has 8 rings (SSSR count). The Morgan fingerprint density at radius 2 is 1.96 bits per heavy atom. The van der Waals surface area contributed by atoms with Crippen molar-refractivity contribution >= 4 is 27.5 Å². The van der Waals surface area contributed by atoms with Crippen molar-refractivity contribution in [2.75, 3.05) is 44.2 Å². The number of anilines is 1. The molecular formula is C34H33F4N7O2. The molecule has 0 amide bonds. The molecule has 2 bridgehead atoms. The van der Waals surface area contributed by atoms with Gasteiger partial charge in [-0.1, -0.05) is 0 Å². The summed E-state index contributed by atoms with van der Waals surface area (Å²) in [6.07, 6.45) is 4.30. The summed E-state index contributed by atoms with van der Waals surface area (Å²) in [5.41, 5.74) is -1.51. The lowest BCUT2D eigenvalue weighted by Crippen LogP contribution is -2.43. The van der Waals surface area contributed by atoms with E-state index in [4.69, 9.17) is 16.3 Å². The number of ether oxygens (including phenoxy) is 1. The van der Waals surface area contributed by atoms with E-state index in [1.807, 2.05) is 4.90 Å². The van der Waals surface area contributed by atoms with E-state index in [9.17, 15) is 13.9 Å². The van der Waals surface area contributed by atoms with Crippen LogP contribution >= 0.6 is 0 Å². The average molecular weight is 648 g/mol. The molecule has 4 aromatic rings. The molecule has 47 heavy (non-hydrogen) atoms. The Labute approximate surface area is 268 Å². The van der Waals surface area contributed by atoms with E-state index in [1.54, 1.807) is 0 Å². The quantitative estimate of drug-likeness (QED) is 0.213. The Kier molecular flexibility index (Phi) is 7.33. The van der Waals surface area contributed by atoms with Crippen LogP contribution in [-0.4, -0.2) is 88.1 Å². The summed E-state index contributed by atoms with van der Waals surface area (Å²) in [7, 11) is 0. The van der Waals surface area contributed by atoms with Crippen molar-refractivity contribution < 1.29 is 27.4 Å². The first-order valence-corrected chi connectivity index (χ1v) is 16.1. The van der Waals surface area contributed by atoms with E-state index in [0.717, 1.165) is 38.3 Å². The average Bonchev–Trinajstić information content (AvgIpc) is 3.71. The first-order valence-electron chi connectivity index (χ1n) is 16.1. The van der Waals surface area contributed by atoms with E-state index < -0.39 is 40.4 Å². The number of rotatable bonds is 6. The van der Waals surface area contributed by atoms with Crippen molar-refractivity contribution in [2.24, 2.45) is 5.92 Å². The highest BCUT2D eigenvalue weighted by atomic mass is 19.2. The Morgan fingerprint density at radius 3 is 2.81 bits per heavy atom. The summed E-state index contributed by atoms with van der Waals surface area (Å²) in [6, 6.07) is 5.11. The number of pyridine rings is 1. The Hall–Kier alpha value is -4.28. The number of nitrogens with one attached hydrogen (secondary N) is 1. The maximum absolute atomic E-state index is 16.8. The highest BCUT2D eigenvalue weighted by Gasteiger charge is 2.49. The molecule has 0 spiro atoms. The number of benzene rings is 2. The van der Waals surface area contributed by atoms with Crippen LogP contribution < -0.4 is 15.0 Å². The van der Waals surface area contributed by atoms with Gasteiger partial charge >= 0.3 is 6.01 Å². The number of aromatic nitrogens is 3. The third kappa shape index (κ3) is 5.09. The molecule has 4 aliphatic rings. The fourth-order valence-electron chi connectivity index (χ4n) is 8.31. The molecule has 4 unspecified atom stereocenters. The third-order valence-electron chi connectivity index (χ3n) is 10.5. The maximum atomic E-state index is 16.8. The van der Waals surface area contributed by atoms with Crippen molar-refractivity contribution in [1.82, 2.24) is 25.2 Å². The molecule has 0 radical (unpaired) electrons. The number of hydrogen-bond donors (Lipinski definition) is 2. The molecule has 13 heteroatoms. The molecular weight excluding hydrogens is 614 g/mol. The van der Waals surface area contributed by atoms with Crippen molar-refractivity contribution in [3.05, 3.63) is 59.3 Å². The molecule has 2 aromatic carbocycles. The summed E-state index contributed by atoms with van der Waals surface area (Å²) in [6.45, 7) is 10.1. The summed E-state index contributed by atoms with van der Waals surface area (Å²) in [4.78, 5) is 21.4. The zero-order chi connectivity index (χ0) is 32.4. The van der Waals surface area contributed by atoms with Crippen LogP contribution in [0.2, 0.25) is 0 Å². The van der Waals surface area contributed by atoms with Gasteiger partial charge in [0.25, 0.3) is 0 Å². The van der Waals surface area contributed by atoms with Gasteiger partial charge in [0.15, 0.2) is 17.5 Å². The molecule has 9 nitrogen and oxygen atoms in total. The van der Waals surface area contributed by atoms with E-state index in [1.165, 1.54) is 24.4 Å². The molecule has 6 heterocycles. The Balaban J connectivity index is 1.27. The number of fused-ring (bicyclic) bond motifs is 5. The van der Waals surface area contributed by atoms with Gasteiger partial charge in [-0.15, -0.1) is 0 Å². The zero-order valence-corrected chi connectivity index (χ0v) is 25.5. The molecule has 2 N–H and O–H groups in total. The normalized spacial score (nSPS) is 27.3. The van der Waals surface area contributed by atoms with Gasteiger partial charge in [-0.2, -0.15) is 9.97 Å². The van der Waals surface area contributed by atoms with E-state index in [0.29, 0.717) is 38.4 Å². The van der Waals surface area contributed by atoms with Gasteiger partial charge < -0.3 is 24.9 Å². The SMILES string of the molecule is [C-]#[N+]CC1CN(c2nc(OCC34CCCN3C[C@H](F)C4)nc3c(F)c(-c4c(F)c(F)cc5cc(O)ccc45)ncc23)CC2CCC1N2. The van der Waals surface area contributed by atoms with Gasteiger partial charge in [0.1, 0.15) is 35.6 Å². The van der Waals surface area contributed by atoms with Gasteiger partial charge in [-0.05, 0) is 67.3 Å². The molecule has 4 aliphatic heterocycles. The van der Waals surface area contributed by atoms with Crippen LogP contribution in [-0.2, 0) is 0 Å². The maximum Gasteiger partial charge on any atom is 0.319 e. The molecule has 0 aliphatic carbocycles. The lowest BCUT2D eigenvalue weighted by Gasteiger charge is -2.31. The Morgan fingerprint density at radius 1 is 1.09 bits per heavy atom. The Bertz CT molecular complexity index is 1940. The van der Waals surface area contributed by atoms with E-state index in [-0.39, 0.29) is 58.0 Å². The van der Waals surface area contributed by atoms with E-state index >= 15 is 8.78 Å². The minimum absolute atomic E-state index is 0.00143. The summed E-state index contributed by atoms with van der Waals surface area (Å²) < 4.78 is 67.8. The number of alkyl halides is 1. The number of phenols is 1. The predicted molar refractivity (Wildman–Crippen MR) is 167 cm³/mol. The fourth-order valence-corrected chi connectivity index (χ4v) is 8.31. The first-order chi connectivity index (χ1) is 22.7. The largest absolute Gasteiger partial charge is 0.508 e. The number of nitrogens with zero attached hydrogens (tertiary/aromatic N) is 6. The second-order valence-corrected chi connectivity index (χ2v) is 13.4. The monoisotopic (exact) mass is 647 g/mol. The standard InChI is InChI=1S/C34H33F4N7O2/c1-39-12-19-14-44(16-21-3-6-26(19)41-21)32-24-13-40-31(27-23-5-4-22(46)9-18(23)10-25(36)28(27)37)29(38)30(24)42-33(43-32)47-17-34-7-2-8-45(34)15-20(35)11-34/h4-5,9-10,13,19-21,26,41,46H,2-3,6-8,11-12,14-17H2/t19?,20-,21?,26?,34?/m1/s1. The number of phenolic OH excluding ortho intramolecular Hbond substituents is 1. The van der Waals surface area contributed by atoms with Crippen LogP contribution in [0.5, 0.6) is 11.8 Å². The van der Waals surface area contributed by atoms with Crippen molar-refractivity contribution in [3.63, 3.8) is 0 Å². The van der Waals surface area contributed by atoms with Crippen LogP contribution in [0.25, 0.3) is 37.8 Å². The minimum atomic E-state index is -1.28. The summed E-state index contributed by atoms with van der Waals surface area (Å²) in [5.74, 6) is -3.25. The van der Waals surface area contributed by atoms with Gasteiger partial charge in [0.2, 0.25) is 6.54 Å². The van der Waals surface area contributed by atoms with Crippen LogP contribution in [0.3, 0.4) is 0 Å². The fraction of sp³-hybridized carbons (Fsp3) is 0.471. The second kappa shape index (κ2) is 11.5. The van der Waals surface area contributed by atoms with Crippen molar-refractivity contribution in [3.8, 4) is 23.0 Å². The zero-order valence-electron chi connectivity index (χ0n) is 25.5. The molecule has 4 fully saturated rings. The van der Waals surface area contributed by atoms with Crippen LogP contribution in [0, 0.1) is 29.9 Å². The number of aromatic hydroxyl groups is 1. The summed E-state index contributed by atoms with van der Waals surface area (Å²) in [5, 5.41) is 14.2. The molecule has 4 saturated heterocycles. The predicted octanol–water partition coefficient (Wildman–Crippen LogP) is 5.40. The van der Waals surface area contributed by atoms with Crippen LogP contribution in [0.4, 0.5) is 23.4 Å². The molecule has 5 atom stereocenters. The number of halogens is 4. The van der Waals surface area contributed by atoms with Gasteiger partial charge in [0, 0.05) is 49.9 Å². The van der Waals surface area contributed by atoms with Gasteiger partial charge in [-0.25, -0.2) is 24.1 Å². The lowest BCUT2D eigenvalue weighted by molar-refractivity contribution is 0.107. The van der Waals surface area contributed by atoms with Crippen molar-refractivity contribution in [1.29, 1.82) is 0 Å². The number of hydrogen-bond acceptors (Lipinski definition) is 8. The second-order valence-electron chi connectivity index (χ2n) is 13.4. The van der Waals surface area contributed by atoms with Gasteiger partial charge in [0.05, 0.1) is 16.8 Å². The first kappa shape index (κ1) is 30.1. The molecule has 2 aromatic heterocycles. The smallest absolute Gasteiger partial charge is 0.319 e. The molecule has 244 valence electrons. The third-order valence-corrected chi connectivity index (χ3v) is 10.5.